The average Bonchev–Trinajstić information content (AvgIpc) is 2.72. The molecule has 0 aliphatic carbocycles. The number of piperidine rings is 1. The van der Waals surface area contributed by atoms with E-state index in [0.29, 0.717) is 17.7 Å². The minimum atomic E-state index is 0.311. The zero-order valence-corrected chi connectivity index (χ0v) is 15.3. The van der Waals surface area contributed by atoms with Crippen molar-refractivity contribution >= 4 is 11.7 Å². The summed E-state index contributed by atoms with van der Waals surface area (Å²) in [6.07, 6.45) is 9.41. The van der Waals surface area contributed by atoms with Gasteiger partial charge in [-0.2, -0.15) is 0 Å². The van der Waals surface area contributed by atoms with Crippen LogP contribution in [0.5, 0.6) is 0 Å². The lowest BCUT2D eigenvalue weighted by Crippen LogP contribution is -2.41. The number of likely N-dealkylation sites (tertiary alicyclic amines) is 1. The minimum Gasteiger partial charge on any atom is -0.356 e. The van der Waals surface area contributed by atoms with Crippen molar-refractivity contribution < 1.29 is 4.79 Å². The van der Waals surface area contributed by atoms with Crippen molar-refractivity contribution in [2.75, 3.05) is 31.6 Å². The molecule has 0 aromatic carbocycles. The van der Waals surface area contributed by atoms with E-state index in [9.17, 15) is 4.79 Å². The molecule has 1 amide bonds. The molecule has 2 saturated heterocycles. The number of carbonyl (C=O) groups excluding carboxylic acids is 1. The summed E-state index contributed by atoms with van der Waals surface area (Å²) in [6.45, 7) is 7.17. The van der Waals surface area contributed by atoms with Crippen LogP contribution in [0.15, 0.2) is 6.20 Å². The molecular weight excluding hydrogens is 300 g/mol. The van der Waals surface area contributed by atoms with Gasteiger partial charge >= 0.3 is 0 Å². The van der Waals surface area contributed by atoms with E-state index in [4.69, 9.17) is 4.98 Å². The van der Waals surface area contributed by atoms with Crippen molar-refractivity contribution in [2.24, 2.45) is 5.41 Å². The smallest absolute Gasteiger partial charge is 0.222 e. The van der Waals surface area contributed by atoms with Gasteiger partial charge in [0.2, 0.25) is 5.91 Å². The first kappa shape index (κ1) is 17.2. The lowest BCUT2D eigenvalue weighted by atomic mass is 9.73. The second-order valence-electron chi connectivity index (χ2n) is 7.57. The van der Waals surface area contributed by atoms with Gasteiger partial charge in [-0.15, -0.1) is 0 Å². The van der Waals surface area contributed by atoms with E-state index in [1.54, 1.807) is 0 Å². The van der Waals surface area contributed by atoms with E-state index in [0.717, 1.165) is 57.0 Å². The van der Waals surface area contributed by atoms with Crippen molar-refractivity contribution in [3.8, 4) is 0 Å². The summed E-state index contributed by atoms with van der Waals surface area (Å²) in [4.78, 5) is 25.5. The summed E-state index contributed by atoms with van der Waals surface area (Å²) in [5.74, 6) is 2.30. The molecule has 1 aromatic rings. The van der Waals surface area contributed by atoms with E-state index < -0.39 is 0 Å². The molecule has 1 aromatic heterocycles. The average molecular weight is 330 g/mol. The molecule has 0 N–H and O–H groups in total. The SMILES string of the molecule is CCCc1cnc(C)nc1N1CCC2(CCC(=O)N(C)CC2)CC1. The normalized spacial score (nSPS) is 21.2. The molecule has 0 unspecified atom stereocenters. The van der Waals surface area contributed by atoms with Gasteiger partial charge in [-0.1, -0.05) is 13.3 Å². The second-order valence-corrected chi connectivity index (χ2v) is 7.57. The number of aryl methyl sites for hydroxylation is 2. The van der Waals surface area contributed by atoms with Gasteiger partial charge in [0.15, 0.2) is 0 Å². The fourth-order valence-electron chi connectivity index (χ4n) is 4.11. The fourth-order valence-corrected chi connectivity index (χ4v) is 4.11. The third-order valence-electron chi connectivity index (χ3n) is 5.88. The van der Waals surface area contributed by atoms with E-state index in [1.165, 1.54) is 18.4 Å². The topological polar surface area (TPSA) is 49.3 Å². The number of carbonyl (C=O) groups is 1. The lowest BCUT2D eigenvalue weighted by Gasteiger charge is -2.42. The molecule has 0 radical (unpaired) electrons. The number of hydrogen-bond donors (Lipinski definition) is 0. The molecule has 5 heteroatoms. The molecular formula is C19H30N4O. The van der Waals surface area contributed by atoms with E-state index in [-0.39, 0.29) is 0 Å². The van der Waals surface area contributed by atoms with Gasteiger partial charge in [0, 0.05) is 44.9 Å². The Morgan fingerprint density at radius 2 is 1.88 bits per heavy atom. The van der Waals surface area contributed by atoms with Crippen molar-refractivity contribution in [1.29, 1.82) is 0 Å². The maximum absolute atomic E-state index is 12.0. The first-order chi connectivity index (χ1) is 11.5. The third-order valence-corrected chi connectivity index (χ3v) is 5.88. The summed E-state index contributed by atoms with van der Waals surface area (Å²) >= 11 is 0. The summed E-state index contributed by atoms with van der Waals surface area (Å²) in [6, 6.07) is 0. The highest BCUT2D eigenvalue weighted by Gasteiger charge is 2.37. The summed E-state index contributed by atoms with van der Waals surface area (Å²) in [5.41, 5.74) is 1.62. The fraction of sp³-hybridized carbons (Fsp3) is 0.737. The van der Waals surface area contributed by atoms with Crippen LogP contribution in [0.1, 0.15) is 56.8 Å². The van der Waals surface area contributed by atoms with Gasteiger partial charge in [0.05, 0.1) is 0 Å². The maximum atomic E-state index is 12.0. The maximum Gasteiger partial charge on any atom is 0.222 e. The Morgan fingerprint density at radius 1 is 1.17 bits per heavy atom. The van der Waals surface area contributed by atoms with Gasteiger partial charge in [-0.05, 0) is 44.4 Å². The van der Waals surface area contributed by atoms with Crippen molar-refractivity contribution in [1.82, 2.24) is 14.9 Å². The summed E-state index contributed by atoms with van der Waals surface area (Å²) in [5, 5.41) is 0. The van der Waals surface area contributed by atoms with Crippen LogP contribution in [0.25, 0.3) is 0 Å². The Hall–Kier alpha value is -1.65. The molecule has 0 bridgehead atoms. The van der Waals surface area contributed by atoms with Crippen LogP contribution in [0.3, 0.4) is 0 Å². The van der Waals surface area contributed by atoms with Gasteiger partial charge < -0.3 is 9.80 Å². The number of aromatic nitrogens is 2. The Labute approximate surface area is 145 Å². The molecule has 5 nitrogen and oxygen atoms in total. The Kier molecular flexibility index (Phi) is 5.07. The van der Waals surface area contributed by atoms with Gasteiger partial charge in [0.1, 0.15) is 11.6 Å². The predicted octanol–water partition coefficient (Wildman–Crippen LogP) is 2.97. The quantitative estimate of drug-likeness (QED) is 0.855. The molecule has 132 valence electrons. The Balaban J connectivity index is 1.71. The molecule has 2 aliphatic heterocycles. The molecule has 1 spiro atoms. The Bertz CT molecular complexity index is 593. The van der Waals surface area contributed by atoms with E-state index in [2.05, 4.69) is 16.8 Å². The third kappa shape index (κ3) is 3.55. The van der Waals surface area contributed by atoms with Crippen LogP contribution in [-0.4, -0.2) is 47.5 Å². The lowest BCUT2D eigenvalue weighted by molar-refractivity contribution is -0.129. The molecule has 24 heavy (non-hydrogen) atoms. The molecule has 0 saturated carbocycles. The Morgan fingerprint density at radius 3 is 2.58 bits per heavy atom. The molecule has 3 rings (SSSR count). The summed E-state index contributed by atoms with van der Waals surface area (Å²) in [7, 11) is 1.94. The molecule has 3 heterocycles. The predicted molar refractivity (Wildman–Crippen MR) is 96.1 cm³/mol. The first-order valence-electron chi connectivity index (χ1n) is 9.34. The van der Waals surface area contributed by atoms with E-state index >= 15 is 0 Å². The van der Waals surface area contributed by atoms with Crippen LogP contribution in [0, 0.1) is 12.3 Å². The standard InChI is InChI=1S/C19H30N4O/c1-4-5-16-14-20-15(2)21-18(16)23-12-9-19(10-13-23)7-6-17(24)22(3)11-8-19/h14H,4-13H2,1-3H3. The molecule has 2 aliphatic rings. The van der Waals surface area contributed by atoms with Gasteiger partial charge in [-0.25, -0.2) is 9.97 Å². The number of nitrogens with zero attached hydrogens (tertiary/aromatic N) is 4. The van der Waals surface area contributed by atoms with Crippen LogP contribution < -0.4 is 4.90 Å². The highest BCUT2D eigenvalue weighted by atomic mass is 16.2. The molecule has 2 fully saturated rings. The molecule has 0 atom stereocenters. The van der Waals surface area contributed by atoms with E-state index in [1.807, 2.05) is 25.1 Å². The number of rotatable bonds is 3. The number of amides is 1. The van der Waals surface area contributed by atoms with Crippen molar-refractivity contribution in [3.63, 3.8) is 0 Å². The van der Waals surface area contributed by atoms with Crippen LogP contribution in [0.2, 0.25) is 0 Å². The summed E-state index contributed by atoms with van der Waals surface area (Å²) < 4.78 is 0. The monoisotopic (exact) mass is 330 g/mol. The number of anilines is 1. The highest BCUT2D eigenvalue weighted by molar-refractivity contribution is 5.76. The second kappa shape index (κ2) is 7.08. The largest absolute Gasteiger partial charge is 0.356 e. The van der Waals surface area contributed by atoms with Gasteiger partial charge in [0.25, 0.3) is 0 Å². The zero-order chi connectivity index (χ0) is 17.2. The zero-order valence-electron chi connectivity index (χ0n) is 15.3. The van der Waals surface area contributed by atoms with Crippen LogP contribution in [0.4, 0.5) is 5.82 Å². The highest BCUT2D eigenvalue weighted by Crippen LogP contribution is 2.42. The van der Waals surface area contributed by atoms with Gasteiger partial charge in [-0.3, -0.25) is 4.79 Å². The number of hydrogen-bond acceptors (Lipinski definition) is 4. The van der Waals surface area contributed by atoms with Crippen molar-refractivity contribution in [2.45, 2.75) is 58.8 Å². The van der Waals surface area contributed by atoms with Crippen LogP contribution >= 0.6 is 0 Å². The minimum absolute atomic E-state index is 0.311. The van der Waals surface area contributed by atoms with Crippen LogP contribution in [-0.2, 0) is 11.2 Å². The first-order valence-corrected chi connectivity index (χ1v) is 9.34. The van der Waals surface area contributed by atoms with Crippen molar-refractivity contribution in [3.05, 3.63) is 17.6 Å².